The van der Waals surface area contributed by atoms with Crippen molar-refractivity contribution < 1.29 is 10.0 Å². The third-order valence-corrected chi connectivity index (χ3v) is 21.4. The van der Waals surface area contributed by atoms with Crippen molar-refractivity contribution in [1.82, 2.24) is 49.8 Å². The molecule has 568 valence electrons. The van der Waals surface area contributed by atoms with Crippen LogP contribution in [-0.2, 0) is 0 Å². The minimum Gasteiger partial charge on any atom is -0.423 e. The van der Waals surface area contributed by atoms with Crippen LogP contribution in [0.1, 0.15) is 0 Å². The Bertz CT molecular complexity index is 6830. The highest BCUT2D eigenvalue weighted by Gasteiger charge is 2.22. The molecule has 2 N–H and O–H groups in total. The predicted octanol–water partition coefficient (Wildman–Crippen LogP) is 24.8. The molecule has 0 atom stereocenters. The zero-order valence-electron chi connectivity index (χ0n) is 64.7. The molecule has 0 spiro atoms. The summed E-state index contributed by atoms with van der Waals surface area (Å²) in [6.07, 6.45) is 0. The van der Waals surface area contributed by atoms with Crippen molar-refractivity contribution in [3.8, 4) is 170 Å². The monoisotopic (exact) mass is 1610 g/mol. The molecular formula is C106H72BBrN10O2. The summed E-state index contributed by atoms with van der Waals surface area (Å²) >= 11 is 3.72. The molecule has 0 unspecified atom stereocenters. The summed E-state index contributed by atoms with van der Waals surface area (Å²) in [7, 11) is -1.50. The van der Waals surface area contributed by atoms with Crippen molar-refractivity contribution in [2.24, 2.45) is 0 Å². The van der Waals surface area contributed by atoms with Crippen LogP contribution >= 0.6 is 15.9 Å². The molecule has 4 heterocycles. The average molecular weight is 1610 g/mol. The summed E-state index contributed by atoms with van der Waals surface area (Å²) in [5, 5.41) is 23.2. The summed E-state index contributed by atoms with van der Waals surface area (Å²) in [5.41, 5.74) is 21.9. The van der Waals surface area contributed by atoms with Gasteiger partial charge in [-0.25, -0.2) is 49.8 Å². The first-order chi connectivity index (χ1) is 59.2. The summed E-state index contributed by atoms with van der Waals surface area (Å²) in [6, 6.07) is 143. The third-order valence-electron chi connectivity index (χ3n) is 20.7. The van der Waals surface area contributed by atoms with Crippen LogP contribution in [-0.4, -0.2) is 67.0 Å². The lowest BCUT2D eigenvalue weighted by atomic mass is 9.80. The highest BCUT2D eigenvalue weighted by molar-refractivity contribution is 9.10. The Hall–Kier alpha value is -15.3. The van der Waals surface area contributed by atoms with Crippen molar-refractivity contribution in [2.45, 2.75) is 0 Å². The van der Waals surface area contributed by atoms with Gasteiger partial charge in [0.25, 0.3) is 0 Å². The number of halogens is 1. The van der Waals surface area contributed by atoms with Gasteiger partial charge in [0.15, 0.2) is 46.6 Å². The minimum atomic E-state index is -1.50. The summed E-state index contributed by atoms with van der Waals surface area (Å²) in [4.78, 5) is 49.7. The fraction of sp³-hybridized carbons (Fsp3) is 0. The van der Waals surface area contributed by atoms with Gasteiger partial charge in [-0.15, -0.1) is 0 Å². The molecule has 0 fully saturated rings. The van der Waals surface area contributed by atoms with Crippen LogP contribution in [0.25, 0.3) is 191 Å². The molecule has 0 saturated heterocycles. The second-order valence-electron chi connectivity index (χ2n) is 28.5. The van der Waals surface area contributed by atoms with E-state index in [1.54, 1.807) is 12.1 Å². The second-order valence-corrected chi connectivity index (χ2v) is 29.4. The number of benzene rings is 16. The van der Waals surface area contributed by atoms with E-state index in [0.29, 0.717) is 52.1 Å². The lowest BCUT2D eigenvalue weighted by Gasteiger charge is -2.15. The van der Waals surface area contributed by atoms with Gasteiger partial charge in [-0.1, -0.05) is 422 Å². The smallest absolute Gasteiger partial charge is 0.423 e. The van der Waals surface area contributed by atoms with Gasteiger partial charge in [0, 0.05) is 71.2 Å². The van der Waals surface area contributed by atoms with Crippen molar-refractivity contribution in [3.05, 3.63) is 429 Å². The molecule has 0 aliphatic heterocycles. The molecule has 0 amide bonds. The van der Waals surface area contributed by atoms with Crippen LogP contribution in [0, 0.1) is 0 Å². The van der Waals surface area contributed by atoms with Crippen LogP contribution < -0.4 is 5.46 Å². The van der Waals surface area contributed by atoms with E-state index in [4.69, 9.17) is 49.8 Å². The standard InChI is InChI=1S/C53H35N5.C28H21BN2O2.C25H16BrN3/c1-5-15-36(16-6-1)37-25-31-44(32-26-37)50-54-47(40-18-7-2-8-19-40)35-48(55-50)41-29-27-39(28-30-41)46-34-33-38-17-13-14-24-45(38)49(46)53-57-51(42-20-9-3-10-21-42)56-52(58-53)43-22-11-4-12-23-43;32-29(33)25-17-15-23(16-18-25)27-19-26(22-9-5-2-6-10-22)30-28(31-27)24-13-11-21(12-14-24)20-7-3-1-4-8-20;26-21-16-15-17-9-7-8-14-20(17)22(21)25-28-23(18-10-3-1-4-11-18)27-24(29-25)19-12-5-2-6-13-19/h1-35H;1-19,32-33H;1-16H. The molecule has 0 aliphatic rings. The molecule has 20 aromatic rings. The maximum absolute atomic E-state index is 9.41. The van der Waals surface area contributed by atoms with Crippen LogP contribution in [0.4, 0.5) is 0 Å². The highest BCUT2D eigenvalue weighted by Crippen LogP contribution is 2.41. The first-order valence-corrected chi connectivity index (χ1v) is 40.2. The van der Waals surface area contributed by atoms with Gasteiger partial charge in [-0.2, -0.15) is 0 Å². The van der Waals surface area contributed by atoms with E-state index in [0.717, 1.165) is 143 Å². The molecular weight excluding hydrogens is 1540 g/mol. The van der Waals surface area contributed by atoms with Crippen molar-refractivity contribution in [3.63, 3.8) is 0 Å². The molecule has 4 aromatic heterocycles. The molecule has 14 heteroatoms. The quantitative estimate of drug-likeness (QED) is 0.0880. The summed E-state index contributed by atoms with van der Waals surface area (Å²) < 4.78 is 0.959. The van der Waals surface area contributed by atoms with Crippen LogP contribution in [0.3, 0.4) is 0 Å². The first-order valence-electron chi connectivity index (χ1n) is 39.4. The Labute approximate surface area is 703 Å². The minimum absolute atomic E-state index is 0.438. The van der Waals surface area contributed by atoms with Gasteiger partial charge in [0.2, 0.25) is 0 Å². The summed E-state index contributed by atoms with van der Waals surface area (Å²) in [6.45, 7) is 0. The Morgan fingerprint density at radius 3 is 0.775 bits per heavy atom. The molecule has 0 radical (unpaired) electrons. The van der Waals surface area contributed by atoms with Gasteiger partial charge < -0.3 is 10.0 Å². The Kier molecular flexibility index (Phi) is 22.4. The number of nitrogens with zero attached hydrogens (tertiary/aromatic N) is 10. The fourth-order valence-corrected chi connectivity index (χ4v) is 15.1. The highest BCUT2D eigenvalue weighted by atomic mass is 79.9. The van der Waals surface area contributed by atoms with Gasteiger partial charge in [-0.05, 0) is 78.6 Å². The molecule has 16 aromatic carbocycles. The molecule has 120 heavy (non-hydrogen) atoms. The van der Waals surface area contributed by atoms with Gasteiger partial charge in [0.1, 0.15) is 0 Å². The second kappa shape index (κ2) is 35.4. The zero-order chi connectivity index (χ0) is 80.9. The number of aromatic nitrogens is 10. The lowest BCUT2D eigenvalue weighted by Crippen LogP contribution is -2.29. The van der Waals surface area contributed by atoms with E-state index in [2.05, 4.69) is 186 Å². The van der Waals surface area contributed by atoms with Crippen molar-refractivity contribution in [2.75, 3.05) is 0 Å². The van der Waals surface area contributed by atoms with E-state index in [1.165, 1.54) is 5.56 Å². The topological polar surface area (TPSA) is 169 Å². The number of rotatable bonds is 16. The van der Waals surface area contributed by atoms with Crippen molar-refractivity contribution >= 4 is 50.1 Å². The third kappa shape index (κ3) is 17.2. The number of hydrogen-bond acceptors (Lipinski definition) is 12. The van der Waals surface area contributed by atoms with E-state index >= 15 is 0 Å². The number of hydrogen-bond donors (Lipinski definition) is 2. The van der Waals surface area contributed by atoms with E-state index in [-0.39, 0.29) is 0 Å². The zero-order valence-corrected chi connectivity index (χ0v) is 66.3. The lowest BCUT2D eigenvalue weighted by molar-refractivity contribution is 0.426. The first kappa shape index (κ1) is 76.0. The molecule has 0 bridgehead atoms. The molecule has 12 nitrogen and oxygen atoms in total. The Morgan fingerprint density at radius 1 is 0.183 bits per heavy atom. The van der Waals surface area contributed by atoms with E-state index in [9.17, 15) is 10.0 Å². The van der Waals surface area contributed by atoms with Gasteiger partial charge >= 0.3 is 7.12 Å². The van der Waals surface area contributed by atoms with Crippen LogP contribution in [0.2, 0.25) is 0 Å². The van der Waals surface area contributed by atoms with Crippen LogP contribution in [0.15, 0.2) is 429 Å². The maximum Gasteiger partial charge on any atom is 0.488 e. The molecule has 0 aliphatic carbocycles. The van der Waals surface area contributed by atoms with Gasteiger partial charge in [-0.3, -0.25) is 0 Å². The van der Waals surface area contributed by atoms with Crippen molar-refractivity contribution in [1.29, 1.82) is 0 Å². The number of fused-ring (bicyclic) bond motifs is 2. The normalized spacial score (nSPS) is 11.0. The average Bonchev–Trinajstić information content (AvgIpc) is 0.762. The largest absolute Gasteiger partial charge is 0.488 e. The molecule has 0 saturated carbocycles. The van der Waals surface area contributed by atoms with E-state index in [1.807, 2.05) is 243 Å². The fourth-order valence-electron chi connectivity index (χ4n) is 14.6. The maximum atomic E-state index is 9.41. The van der Waals surface area contributed by atoms with E-state index < -0.39 is 7.12 Å². The summed E-state index contributed by atoms with van der Waals surface area (Å²) in [5.74, 6) is 5.16. The van der Waals surface area contributed by atoms with Crippen LogP contribution in [0.5, 0.6) is 0 Å². The predicted molar refractivity (Wildman–Crippen MR) is 491 cm³/mol. The van der Waals surface area contributed by atoms with Gasteiger partial charge in [0.05, 0.1) is 22.8 Å². The Balaban J connectivity index is 0.000000135. The SMILES string of the molecule is Brc1ccc2ccccc2c1-c1nc(-c2ccccc2)nc(-c2ccccc2)n1.OB(O)c1ccc(-c2cc(-c3ccccc3)nc(-c3ccc(-c4ccccc4)cc3)n2)cc1.c1ccc(-c2ccc(-c3nc(-c4ccccc4)cc(-c4ccc(-c5ccc6ccccc6c5-c5nc(-c6ccccc6)nc(-c6ccccc6)n5)cc4)n3)cc2)cc1. The molecule has 20 rings (SSSR count). The Morgan fingerprint density at radius 2 is 0.417 bits per heavy atom.